The average molecular weight is 370 g/mol. The zero-order valence-electron chi connectivity index (χ0n) is 15.2. The number of anilines is 2. The van der Waals surface area contributed by atoms with Crippen LogP contribution in [0.15, 0.2) is 36.4 Å². The molecule has 1 aromatic heterocycles. The van der Waals surface area contributed by atoms with Gasteiger partial charge in [0.1, 0.15) is 5.00 Å². The van der Waals surface area contributed by atoms with E-state index in [2.05, 4.69) is 22.4 Å². The summed E-state index contributed by atoms with van der Waals surface area (Å²) in [5.74, 6) is -0.635. The van der Waals surface area contributed by atoms with E-state index in [9.17, 15) is 9.59 Å². The van der Waals surface area contributed by atoms with Gasteiger partial charge in [0.15, 0.2) is 0 Å². The van der Waals surface area contributed by atoms with Gasteiger partial charge in [0.25, 0.3) is 5.91 Å². The normalized spacial score (nSPS) is 13.1. The Bertz CT molecular complexity index is 845. The number of aryl methyl sites for hydroxylation is 1. The Hall–Kier alpha value is -2.60. The lowest BCUT2D eigenvalue weighted by molar-refractivity contribution is 0.0527. The Morgan fingerprint density at radius 3 is 2.42 bits per heavy atom. The van der Waals surface area contributed by atoms with E-state index in [0.29, 0.717) is 22.7 Å². The van der Waals surface area contributed by atoms with Gasteiger partial charge in [-0.25, -0.2) is 4.79 Å². The molecule has 136 valence electrons. The third-order valence-corrected chi connectivity index (χ3v) is 5.53. The Morgan fingerprint density at radius 2 is 1.81 bits per heavy atom. The zero-order valence-corrected chi connectivity index (χ0v) is 16.0. The predicted molar refractivity (Wildman–Crippen MR) is 105 cm³/mol. The third-order valence-electron chi connectivity index (χ3n) is 4.40. The minimum absolute atomic E-state index is 0.233. The molecule has 1 amide bonds. The molecule has 0 radical (unpaired) electrons. The van der Waals surface area contributed by atoms with Gasteiger partial charge >= 0.3 is 5.97 Å². The number of hydrogen-bond acceptors (Lipinski definition) is 5. The first-order valence-electron chi connectivity index (χ1n) is 8.59. The second-order valence-electron chi connectivity index (χ2n) is 6.09. The number of carbonyl (C=O) groups is 2. The summed E-state index contributed by atoms with van der Waals surface area (Å²) in [4.78, 5) is 28.0. The number of benzene rings is 1. The minimum Gasteiger partial charge on any atom is -0.462 e. The van der Waals surface area contributed by atoms with E-state index in [1.807, 2.05) is 26.0 Å². The summed E-state index contributed by atoms with van der Waals surface area (Å²) >= 11 is 1.39. The molecule has 1 aliphatic heterocycles. The van der Waals surface area contributed by atoms with Crippen LogP contribution in [0.2, 0.25) is 0 Å². The molecule has 0 aliphatic carbocycles. The van der Waals surface area contributed by atoms with Crippen LogP contribution in [0.4, 0.5) is 10.7 Å². The van der Waals surface area contributed by atoms with Crippen molar-refractivity contribution in [3.05, 3.63) is 58.0 Å². The van der Waals surface area contributed by atoms with Gasteiger partial charge in [-0.15, -0.1) is 11.3 Å². The standard InChI is InChI=1S/C20H22N2O3S/c1-4-25-20(24)17-13(2)14(3)26-19(17)21-18(23)15-7-9-16(10-8-15)22-11-5-6-12-22/h5-10H,4,11-12H2,1-3H3,(H,21,23). The van der Waals surface area contributed by atoms with Crippen LogP contribution in [0.5, 0.6) is 0 Å². The maximum absolute atomic E-state index is 12.6. The van der Waals surface area contributed by atoms with Gasteiger partial charge in [0.2, 0.25) is 0 Å². The number of rotatable bonds is 5. The SMILES string of the molecule is CCOC(=O)c1c(NC(=O)c2ccc(N3CC=CC3)cc2)sc(C)c1C. The molecular formula is C20H22N2O3S. The van der Waals surface area contributed by atoms with Crippen molar-refractivity contribution < 1.29 is 14.3 Å². The Morgan fingerprint density at radius 1 is 1.15 bits per heavy atom. The van der Waals surface area contributed by atoms with E-state index < -0.39 is 5.97 Å². The van der Waals surface area contributed by atoms with Gasteiger partial charge in [0.05, 0.1) is 12.2 Å². The first-order chi connectivity index (χ1) is 12.5. The van der Waals surface area contributed by atoms with Crippen molar-refractivity contribution in [2.24, 2.45) is 0 Å². The molecule has 0 spiro atoms. The number of ether oxygens (including phenoxy) is 1. The van der Waals surface area contributed by atoms with Crippen LogP contribution < -0.4 is 10.2 Å². The molecule has 26 heavy (non-hydrogen) atoms. The quantitative estimate of drug-likeness (QED) is 0.634. The van der Waals surface area contributed by atoms with E-state index in [-0.39, 0.29) is 5.91 Å². The maximum atomic E-state index is 12.6. The summed E-state index contributed by atoms with van der Waals surface area (Å²) in [6, 6.07) is 7.50. The molecule has 0 bridgehead atoms. The number of nitrogens with one attached hydrogen (secondary N) is 1. The molecule has 5 nitrogen and oxygen atoms in total. The monoisotopic (exact) mass is 370 g/mol. The lowest BCUT2D eigenvalue weighted by Crippen LogP contribution is -2.19. The number of esters is 1. The molecular weight excluding hydrogens is 348 g/mol. The van der Waals surface area contributed by atoms with Crippen LogP contribution in [0.1, 0.15) is 38.1 Å². The number of amides is 1. The summed E-state index contributed by atoms with van der Waals surface area (Å²) < 4.78 is 5.13. The van der Waals surface area contributed by atoms with E-state index in [1.165, 1.54) is 11.3 Å². The van der Waals surface area contributed by atoms with Crippen LogP contribution in [0.3, 0.4) is 0 Å². The van der Waals surface area contributed by atoms with Crippen LogP contribution in [-0.4, -0.2) is 31.6 Å². The Kier molecular flexibility index (Phi) is 5.42. The van der Waals surface area contributed by atoms with Crippen LogP contribution in [-0.2, 0) is 4.74 Å². The highest BCUT2D eigenvalue weighted by molar-refractivity contribution is 7.16. The van der Waals surface area contributed by atoms with Crippen LogP contribution >= 0.6 is 11.3 Å². The highest BCUT2D eigenvalue weighted by Gasteiger charge is 2.22. The minimum atomic E-state index is -0.401. The van der Waals surface area contributed by atoms with Crippen molar-refractivity contribution >= 4 is 33.9 Å². The molecule has 1 N–H and O–H groups in total. The number of thiophene rings is 1. The second-order valence-corrected chi connectivity index (χ2v) is 7.31. The molecule has 2 heterocycles. The van der Waals surface area contributed by atoms with Crippen molar-refractivity contribution in [3.8, 4) is 0 Å². The second kappa shape index (κ2) is 7.74. The summed E-state index contributed by atoms with van der Waals surface area (Å²) in [6.45, 7) is 7.64. The molecule has 3 rings (SSSR count). The van der Waals surface area contributed by atoms with E-state index in [0.717, 1.165) is 29.2 Å². The zero-order chi connectivity index (χ0) is 18.7. The van der Waals surface area contributed by atoms with Crippen molar-refractivity contribution in [2.45, 2.75) is 20.8 Å². The van der Waals surface area contributed by atoms with Gasteiger partial charge in [-0.05, 0) is 50.6 Å². The Labute approximate surface area is 157 Å². The first-order valence-corrected chi connectivity index (χ1v) is 9.41. The first kappa shape index (κ1) is 18.2. The smallest absolute Gasteiger partial charge is 0.341 e. The lowest BCUT2D eigenvalue weighted by Gasteiger charge is -2.17. The number of carbonyl (C=O) groups excluding carboxylic acids is 2. The topological polar surface area (TPSA) is 58.6 Å². The predicted octanol–water partition coefficient (Wildman–Crippen LogP) is 4.17. The van der Waals surface area contributed by atoms with Crippen LogP contribution in [0.25, 0.3) is 0 Å². The van der Waals surface area contributed by atoms with E-state index in [4.69, 9.17) is 4.74 Å². The fourth-order valence-corrected chi connectivity index (χ4v) is 3.90. The van der Waals surface area contributed by atoms with Crippen molar-refractivity contribution in [3.63, 3.8) is 0 Å². The molecule has 0 saturated heterocycles. The number of nitrogens with zero attached hydrogens (tertiary/aromatic N) is 1. The fraction of sp³-hybridized carbons (Fsp3) is 0.300. The van der Waals surface area contributed by atoms with E-state index >= 15 is 0 Å². The summed E-state index contributed by atoms with van der Waals surface area (Å²) in [5, 5.41) is 3.41. The van der Waals surface area contributed by atoms with Crippen molar-refractivity contribution in [1.29, 1.82) is 0 Å². The van der Waals surface area contributed by atoms with Crippen LogP contribution in [0, 0.1) is 13.8 Å². The summed E-state index contributed by atoms with van der Waals surface area (Å²) in [7, 11) is 0. The molecule has 0 fully saturated rings. The summed E-state index contributed by atoms with van der Waals surface area (Å²) in [6.07, 6.45) is 4.25. The fourth-order valence-electron chi connectivity index (χ4n) is 2.85. The molecule has 1 aromatic carbocycles. The lowest BCUT2D eigenvalue weighted by atomic mass is 10.1. The van der Waals surface area contributed by atoms with Gasteiger partial charge in [-0.2, -0.15) is 0 Å². The van der Waals surface area contributed by atoms with Gasteiger partial charge in [-0.3, -0.25) is 4.79 Å². The largest absolute Gasteiger partial charge is 0.462 e. The van der Waals surface area contributed by atoms with Crippen molar-refractivity contribution in [2.75, 3.05) is 29.9 Å². The Balaban J connectivity index is 1.77. The maximum Gasteiger partial charge on any atom is 0.341 e. The molecule has 2 aromatic rings. The summed E-state index contributed by atoms with van der Waals surface area (Å²) in [5.41, 5.74) is 2.93. The van der Waals surface area contributed by atoms with Gasteiger partial charge in [0, 0.05) is 29.2 Å². The third kappa shape index (κ3) is 3.65. The number of hydrogen-bond donors (Lipinski definition) is 1. The molecule has 1 aliphatic rings. The highest BCUT2D eigenvalue weighted by Crippen LogP contribution is 2.33. The van der Waals surface area contributed by atoms with Crippen molar-refractivity contribution in [1.82, 2.24) is 0 Å². The molecule has 6 heteroatoms. The molecule has 0 atom stereocenters. The van der Waals surface area contributed by atoms with Gasteiger partial charge < -0.3 is 15.0 Å². The highest BCUT2D eigenvalue weighted by atomic mass is 32.1. The van der Waals surface area contributed by atoms with E-state index in [1.54, 1.807) is 19.1 Å². The molecule has 0 unspecified atom stereocenters. The molecule has 0 saturated carbocycles. The average Bonchev–Trinajstić information content (AvgIpc) is 3.24. The van der Waals surface area contributed by atoms with Gasteiger partial charge in [-0.1, -0.05) is 12.2 Å².